The summed E-state index contributed by atoms with van der Waals surface area (Å²) >= 11 is 1.31. The quantitative estimate of drug-likeness (QED) is 0.121. The van der Waals surface area contributed by atoms with Crippen molar-refractivity contribution in [2.75, 3.05) is 20.7 Å². The van der Waals surface area contributed by atoms with Gasteiger partial charge in [0.25, 0.3) is 5.88 Å². The number of hydrogen-bond donors (Lipinski definition) is 3. The average Bonchev–Trinajstić information content (AvgIpc) is 3.43. The Hall–Kier alpha value is -5.01. The molecule has 4 N–H and O–H groups in total. The maximum Gasteiger partial charge on any atom is 0.339 e. The molecule has 0 spiro atoms. The molecule has 0 bridgehead atoms. The lowest BCUT2D eigenvalue weighted by Gasteiger charge is -2.22. The van der Waals surface area contributed by atoms with Gasteiger partial charge in [-0.25, -0.2) is 14.2 Å². The number of phenolic OH excluding ortho intramolecular Hbond substituents is 1. The maximum atomic E-state index is 15.6. The van der Waals surface area contributed by atoms with Gasteiger partial charge in [-0.2, -0.15) is 4.39 Å². The highest BCUT2D eigenvalue weighted by molar-refractivity contribution is 7.99. The fourth-order valence-electron chi connectivity index (χ4n) is 4.23. The number of esters is 1. The van der Waals surface area contributed by atoms with Gasteiger partial charge in [-0.05, 0) is 55.6 Å². The molecule has 1 aromatic heterocycles. The maximum absolute atomic E-state index is 15.6. The number of ether oxygens (including phenoxy) is 3. The summed E-state index contributed by atoms with van der Waals surface area (Å²) in [5.74, 6) is -5.07. The van der Waals surface area contributed by atoms with Gasteiger partial charge in [-0.15, -0.1) is 0 Å². The number of phenols is 1. The van der Waals surface area contributed by atoms with Crippen molar-refractivity contribution in [2.45, 2.75) is 16.0 Å². The van der Waals surface area contributed by atoms with E-state index in [1.807, 2.05) is 11.9 Å². The van der Waals surface area contributed by atoms with Crippen molar-refractivity contribution in [3.8, 4) is 28.9 Å². The summed E-state index contributed by atoms with van der Waals surface area (Å²) in [5, 5.41) is 17.7. The van der Waals surface area contributed by atoms with E-state index in [2.05, 4.69) is 9.98 Å². The Balaban J connectivity index is 1.51. The van der Waals surface area contributed by atoms with Crippen molar-refractivity contribution in [1.29, 1.82) is 5.41 Å². The van der Waals surface area contributed by atoms with Crippen molar-refractivity contribution >= 4 is 29.8 Å². The molecule has 0 fully saturated rings. The molecule has 1 atom stereocenters. The summed E-state index contributed by atoms with van der Waals surface area (Å²) in [5.41, 5.74) is 6.61. The number of pyridine rings is 1. The third-order valence-electron chi connectivity index (χ3n) is 6.40. The van der Waals surface area contributed by atoms with Gasteiger partial charge < -0.3 is 25.1 Å². The number of halogens is 2. The van der Waals surface area contributed by atoms with Crippen molar-refractivity contribution in [2.24, 2.45) is 10.7 Å². The number of rotatable bonds is 9. The van der Waals surface area contributed by atoms with Gasteiger partial charge in [0.1, 0.15) is 17.8 Å². The van der Waals surface area contributed by atoms with E-state index >= 15 is 4.39 Å². The molecule has 0 radical (unpaired) electrons. The van der Waals surface area contributed by atoms with E-state index in [-0.39, 0.29) is 28.6 Å². The number of benzene rings is 3. The summed E-state index contributed by atoms with van der Waals surface area (Å²) in [6.45, 7) is 0.547. The van der Waals surface area contributed by atoms with Crippen LogP contribution in [0, 0.1) is 17.0 Å². The summed E-state index contributed by atoms with van der Waals surface area (Å²) in [4.78, 5) is 23.7. The van der Waals surface area contributed by atoms with Crippen LogP contribution in [0.3, 0.4) is 0 Å². The molecular formula is C30H25F2N5O5S. The van der Waals surface area contributed by atoms with E-state index in [0.29, 0.717) is 22.6 Å². The molecule has 2 heterocycles. The second-order valence-corrected chi connectivity index (χ2v) is 10.4. The largest absolute Gasteiger partial charge is 0.504 e. The molecule has 0 aliphatic carbocycles. The highest BCUT2D eigenvalue weighted by Gasteiger charge is 2.27. The first-order valence-corrected chi connectivity index (χ1v) is 13.6. The Bertz CT molecular complexity index is 1750. The third kappa shape index (κ3) is 6.27. The number of carbonyl (C=O) groups is 1. The fourth-order valence-corrected chi connectivity index (χ4v) is 5.21. The molecule has 0 amide bonds. The molecule has 0 saturated heterocycles. The lowest BCUT2D eigenvalue weighted by molar-refractivity contribution is 0.0596. The van der Waals surface area contributed by atoms with E-state index in [4.69, 9.17) is 25.4 Å². The van der Waals surface area contributed by atoms with Crippen molar-refractivity contribution in [3.63, 3.8) is 0 Å². The molecule has 4 aromatic rings. The molecule has 5 rings (SSSR count). The first kappa shape index (κ1) is 29.5. The van der Waals surface area contributed by atoms with Crippen LogP contribution in [0.1, 0.15) is 27.7 Å². The van der Waals surface area contributed by atoms with Crippen molar-refractivity contribution < 1.29 is 32.9 Å². The Morgan fingerprint density at radius 1 is 1.12 bits per heavy atom. The Morgan fingerprint density at radius 2 is 1.91 bits per heavy atom. The smallest absolute Gasteiger partial charge is 0.339 e. The summed E-state index contributed by atoms with van der Waals surface area (Å²) in [6, 6.07) is 15.8. The second-order valence-electron chi connectivity index (χ2n) is 9.29. The molecule has 10 nitrogen and oxygen atoms in total. The number of hydrogen-bond acceptors (Lipinski definition) is 10. The summed E-state index contributed by atoms with van der Waals surface area (Å²) < 4.78 is 46.7. The van der Waals surface area contributed by atoms with Gasteiger partial charge in [-0.1, -0.05) is 23.9 Å². The van der Waals surface area contributed by atoms with E-state index in [0.717, 1.165) is 11.1 Å². The monoisotopic (exact) mass is 605 g/mol. The van der Waals surface area contributed by atoms with Crippen LogP contribution in [0.2, 0.25) is 0 Å². The minimum atomic E-state index is -1.26. The molecule has 1 unspecified atom stereocenters. The lowest BCUT2D eigenvalue weighted by atomic mass is 10.1. The van der Waals surface area contributed by atoms with Crippen molar-refractivity contribution in [1.82, 2.24) is 9.88 Å². The molecule has 0 saturated carbocycles. The van der Waals surface area contributed by atoms with Crippen LogP contribution in [-0.2, 0) is 4.74 Å². The number of aromatic hydroxyl groups is 1. The predicted octanol–water partition coefficient (Wildman–Crippen LogP) is 5.89. The van der Waals surface area contributed by atoms with Crippen LogP contribution in [-0.4, -0.2) is 53.7 Å². The molecule has 3 aromatic carbocycles. The second kappa shape index (κ2) is 12.5. The number of nitrogens with two attached hydrogens (primary N) is 1. The van der Waals surface area contributed by atoms with Gasteiger partial charge >= 0.3 is 5.97 Å². The zero-order valence-electron chi connectivity index (χ0n) is 22.9. The SMILES string of the molecule is COC(=O)c1ccccc1Sc1ccc(Oc2c(F)cnc(Oc3cc(C(=N)N)ccc3O)c2F)c(C2N=CCN2C)c1. The Kier molecular flexibility index (Phi) is 8.55. The summed E-state index contributed by atoms with van der Waals surface area (Å²) in [6.07, 6.45) is 1.94. The van der Waals surface area contributed by atoms with Crippen LogP contribution in [0.5, 0.6) is 28.9 Å². The third-order valence-corrected chi connectivity index (χ3v) is 7.47. The van der Waals surface area contributed by atoms with Gasteiger partial charge in [0.2, 0.25) is 11.6 Å². The standard InChI is InChI=1S/C30H25F2N5O5S/c1-37-12-11-35-28(37)19-14-17(43-24-6-4-3-5-18(24)30(39)40-2)8-10-22(19)41-26-20(31)15-36-29(25(26)32)42-23-13-16(27(33)34)7-9-21(23)38/h3-11,13-15,28,38H,12H2,1-2H3,(H3,33,34). The van der Waals surface area contributed by atoms with Gasteiger partial charge in [0, 0.05) is 33.7 Å². The average molecular weight is 606 g/mol. The predicted molar refractivity (Wildman–Crippen MR) is 156 cm³/mol. The number of nitrogens with zero attached hydrogens (tertiary/aromatic N) is 3. The zero-order valence-corrected chi connectivity index (χ0v) is 23.7. The lowest BCUT2D eigenvalue weighted by Crippen LogP contribution is -2.19. The highest BCUT2D eigenvalue weighted by atomic mass is 32.2. The van der Waals surface area contributed by atoms with Crippen LogP contribution in [0.15, 0.2) is 81.6 Å². The molecule has 1 aliphatic rings. The zero-order chi connectivity index (χ0) is 30.7. The van der Waals surface area contributed by atoms with Crippen molar-refractivity contribution in [3.05, 3.63) is 95.2 Å². The number of nitrogen functional groups attached to an aromatic ring is 1. The van der Waals surface area contributed by atoms with Gasteiger partial charge in [0.05, 0.1) is 18.9 Å². The fraction of sp³-hybridized carbons (Fsp3) is 0.133. The van der Waals surface area contributed by atoms with E-state index in [9.17, 15) is 14.3 Å². The summed E-state index contributed by atoms with van der Waals surface area (Å²) in [7, 11) is 3.15. The van der Waals surface area contributed by atoms with Crippen LogP contribution >= 0.6 is 11.8 Å². The molecule has 1 aliphatic heterocycles. The molecule has 220 valence electrons. The van der Waals surface area contributed by atoms with Crippen LogP contribution < -0.4 is 15.2 Å². The van der Waals surface area contributed by atoms with Gasteiger partial charge in [-0.3, -0.25) is 15.3 Å². The van der Waals surface area contributed by atoms with Crippen LogP contribution in [0.4, 0.5) is 8.78 Å². The van der Waals surface area contributed by atoms with Gasteiger partial charge in [0.15, 0.2) is 17.3 Å². The minimum absolute atomic E-state index is 0.123. The highest BCUT2D eigenvalue weighted by Crippen LogP contribution is 2.42. The number of methoxy groups -OCH3 is 1. The van der Waals surface area contributed by atoms with E-state index < -0.39 is 35.4 Å². The van der Waals surface area contributed by atoms with Crippen LogP contribution in [0.25, 0.3) is 0 Å². The molecule has 13 heteroatoms. The Labute approximate surface area is 249 Å². The number of aromatic nitrogens is 1. The minimum Gasteiger partial charge on any atom is -0.504 e. The van der Waals surface area contributed by atoms with E-state index in [1.165, 1.54) is 37.1 Å². The topological polar surface area (TPSA) is 143 Å². The number of nitrogens with one attached hydrogen (secondary N) is 1. The number of amidine groups is 1. The Morgan fingerprint density at radius 3 is 2.63 bits per heavy atom. The molecular weight excluding hydrogens is 580 g/mol. The normalized spacial score (nSPS) is 14.5. The van der Waals surface area contributed by atoms with E-state index in [1.54, 1.807) is 48.7 Å². The first-order chi connectivity index (χ1) is 20.7. The number of carbonyl (C=O) groups excluding carboxylic acids is 1. The molecule has 43 heavy (non-hydrogen) atoms. The first-order valence-electron chi connectivity index (χ1n) is 12.7. The number of aliphatic imine (C=N–C) groups is 1.